The van der Waals surface area contributed by atoms with Gasteiger partial charge in [0.15, 0.2) is 0 Å². The minimum Gasteiger partial charge on any atom is -0.210 e. The number of hydrogen-bond acceptors (Lipinski definition) is 0. The van der Waals surface area contributed by atoms with E-state index in [0.29, 0.717) is 36.8 Å². The van der Waals surface area contributed by atoms with Crippen LogP contribution in [0.2, 0.25) is 0 Å². The summed E-state index contributed by atoms with van der Waals surface area (Å²) in [5.74, 6) is 0. The summed E-state index contributed by atoms with van der Waals surface area (Å²) in [6.45, 7) is 0. The molecule has 2 saturated carbocycles. The van der Waals surface area contributed by atoms with Gasteiger partial charge in [0.2, 0.25) is 12.9 Å². The van der Waals surface area contributed by atoms with E-state index in [-0.39, 0.29) is 0 Å². The van der Waals surface area contributed by atoms with Crippen LogP contribution in [-0.4, -0.2) is 12.9 Å². The molecular formula is C14H14F4. The lowest BCUT2D eigenvalue weighted by atomic mass is 9.84. The molecule has 0 atom stereocenters. The molecule has 4 heteroatoms. The predicted octanol–water partition coefficient (Wildman–Crippen LogP) is 4.28. The molecule has 0 radical (unpaired) electrons. The van der Waals surface area contributed by atoms with Gasteiger partial charge in [0, 0.05) is 0 Å². The fourth-order valence-corrected chi connectivity index (χ4v) is 2.83. The molecule has 0 aliphatic heterocycles. The summed E-state index contributed by atoms with van der Waals surface area (Å²) in [5.41, 5.74) is -1.39. The first-order valence-electron chi connectivity index (χ1n) is 6.19. The van der Waals surface area contributed by atoms with E-state index < -0.39 is 23.7 Å². The van der Waals surface area contributed by atoms with E-state index in [9.17, 15) is 17.6 Å². The van der Waals surface area contributed by atoms with Crippen LogP contribution < -0.4 is 0 Å². The summed E-state index contributed by atoms with van der Waals surface area (Å²) < 4.78 is 52.7. The van der Waals surface area contributed by atoms with Gasteiger partial charge >= 0.3 is 0 Å². The fourth-order valence-electron chi connectivity index (χ4n) is 2.83. The molecule has 0 amide bonds. The van der Waals surface area contributed by atoms with Crippen LogP contribution in [0.4, 0.5) is 17.6 Å². The minimum atomic E-state index is -2.47. The molecular weight excluding hydrogens is 244 g/mol. The molecule has 0 aromatic heterocycles. The van der Waals surface area contributed by atoms with Crippen molar-refractivity contribution in [3.05, 3.63) is 35.4 Å². The predicted molar refractivity (Wildman–Crippen MR) is 60.3 cm³/mol. The average Bonchev–Trinajstić information content (AvgIpc) is 3.22. The van der Waals surface area contributed by atoms with Gasteiger partial charge in [-0.05, 0) is 36.8 Å². The highest BCUT2D eigenvalue weighted by molar-refractivity contribution is 5.46. The third kappa shape index (κ3) is 1.50. The second-order valence-electron chi connectivity index (χ2n) is 5.46. The van der Waals surface area contributed by atoms with E-state index in [1.165, 1.54) is 0 Å². The molecule has 1 aromatic carbocycles. The first kappa shape index (κ1) is 12.0. The van der Waals surface area contributed by atoms with Crippen LogP contribution >= 0.6 is 0 Å². The normalized spacial score (nSPS) is 23.4. The second kappa shape index (κ2) is 3.72. The average molecular weight is 258 g/mol. The summed E-state index contributed by atoms with van der Waals surface area (Å²) in [7, 11) is 0. The molecule has 0 bridgehead atoms. The molecule has 1 aromatic rings. The van der Waals surface area contributed by atoms with Crippen LogP contribution in [0.25, 0.3) is 0 Å². The van der Waals surface area contributed by atoms with Gasteiger partial charge in [0.1, 0.15) is 0 Å². The van der Waals surface area contributed by atoms with Crippen molar-refractivity contribution >= 4 is 0 Å². The Morgan fingerprint density at radius 1 is 0.722 bits per heavy atom. The van der Waals surface area contributed by atoms with Crippen molar-refractivity contribution < 1.29 is 17.6 Å². The molecule has 0 saturated heterocycles. The van der Waals surface area contributed by atoms with Gasteiger partial charge in [-0.15, -0.1) is 0 Å². The van der Waals surface area contributed by atoms with Crippen LogP contribution in [-0.2, 0) is 10.8 Å². The summed E-state index contributed by atoms with van der Waals surface area (Å²) in [4.78, 5) is 0. The van der Waals surface area contributed by atoms with Gasteiger partial charge in [0.25, 0.3) is 0 Å². The standard InChI is InChI=1S/C14H14F4/c15-11(16)13(5-6-13)9-3-1-2-4-10(9)14(7-8-14)12(17)18/h1-4,11-12H,5-8H2. The Kier molecular flexibility index (Phi) is 2.48. The van der Waals surface area contributed by atoms with Crippen LogP contribution in [0.5, 0.6) is 0 Å². The first-order valence-corrected chi connectivity index (χ1v) is 6.19. The van der Waals surface area contributed by atoms with E-state index in [0.717, 1.165) is 0 Å². The van der Waals surface area contributed by atoms with Crippen LogP contribution in [0.1, 0.15) is 36.8 Å². The largest absolute Gasteiger partial charge is 0.248 e. The maximum absolute atomic E-state index is 13.2. The van der Waals surface area contributed by atoms with Crippen LogP contribution in [0, 0.1) is 0 Å². The summed E-state index contributed by atoms with van der Waals surface area (Å²) >= 11 is 0. The Labute approximate surface area is 103 Å². The Bertz CT molecular complexity index is 416. The van der Waals surface area contributed by atoms with Crippen molar-refractivity contribution in [1.29, 1.82) is 0 Å². The van der Waals surface area contributed by atoms with Gasteiger partial charge in [-0.1, -0.05) is 24.3 Å². The number of rotatable bonds is 4. The van der Waals surface area contributed by atoms with Crippen LogP contribution in [0.15, 0.2) is 24.3 Å². The number of benzene rings is 1. The zero-order chi connectivity index (χ0) is 13.0. The van der Waals surface area contributed by atoms with Crippen molar-refractivity contribution in [3.8, 4) is 0 Å². The van der Waals surface area contributed by atoms with Crippen molar-refractivity contribution in [3.63, 3.8) is 0 Å². The number of alkyl halides is 4. The molecule has 18 heavy (non-hydrogen) atoms. The Balaban J connectivity index is 2.07. The first-order chi connectivity index (χ1) is 8.53. The third-order valence-corrected chi connectivity index (χ3v) is 4.41. The lowest BCUT2D eigenvalue weighted by Crippen LogP contribution is -2.26. The number of halogens is 4. The quantitative estimate of drug-likeness (QED) is 0.707. The van der Waals surface area contributed by atoms with Crippen molar-refractivity contribution in [2.24, 2.45) is 0 Å². The highest BCUT2D eigenvalue weighted by Crippen LogP contribution is 2.60. The lowest BCUT2D eigenvalue weighted by molar-refractivity contribution is 0.0909. The smallest absolute Gasteiger partial charge is 0.210 e. The van der Waals surface area contributed by atoms with Gasteiger partial charge in [-0.25, -0.2) is 17.6 Å². The molecule has 0 nitrogen and oxygen atoms in total. The summed E-state index contributed by atoms with van der Waals surface area (Å²) in [5, 5.41) is 0. The molecule has 0 spiro atoms. The van der Waals surface area contributed by atoms with Crippen molar-refractivity contribution in [2.45, 2.75) is 49.4 Å². The van der Waals surface area contributed by atoms with E-state index in [1.54, 1.807) is 24.3 Å². The Morgan fingerprint density at radius 2 is 1.06 bits per heavy atom. The third-order valence-electron chi connectivity index (χ3n) is 4.41. The SMILES string of the molecule is FC(F)C1(c2ccccc2C2(C(F)F)CC2)CC1. The van der Waals surface area contributed by atoms with Crippen molar-refractivity contribution in [1.82, 2.24) is 0 Å². The van der Waals surface area contributed by atoms with Gasteiger partial charge in [-0.3, -0.25) is 0 Å². The minimum absolute atomic E-state index is 0.404. The molecule has 2 aliphatic rings. The van der Waals surface area contributed by atoms with Gasteiger partial charge in [-0.2, -0.15) is 0 Å². The van der Waals surface area contributed by atoms with Gasteiger partial charge in [0.05, 0.1) is 10.8 Å². The fraction of sp³-hybridized carbons (Fsp3) is 0.571. The van der Waals surface area contributed by atoms with E-state index >= 15 is 0 Å². The highest BCUT2D eigenvalue weighted by Gasteiger charge is 2.59. The van der Waals surface area contributed by atoms with Gasteiger partial charge < -0.3 is 0 Å². The molecule has 0 unspecified atom stereocenters. The Hall–Kier alpha value is -1.06. The van der Waals surface area contributed by atoms with Crippen LogP contribution in [0.3, 0.4) is 0 Å². The zero-order valence-corrected chi connectivity index (χ0v) is 9.80. The maximum atomic E-state index is 13.2. The molecule has 0 N–H and O–H groups in total. The topological polar surface area (TPSA) is 0 Å². The summed E-state index contributed by atoms with van der Waals surface area (Å²) in [6, 6.07) is 6.56. The van der Waals surface area contributed by atoms with E-state index in [4.69, 9.17) is 0 Å². The molecule has 3 rings (SSSR count). The monoisotopic (exact) mass is 258 g/mol. The lowest BCUT2D eigenvalue weighted by Gasteiger charge is -2.24. The molecule has 98 valence electrons. The zero-order valence-electron chi connectivity index (χ0n) is 9.80. The highest BCUT2D eigenvalue weighted by atomic mass is 19.3. The van der Waals surface area contributed by atoms with Crippen molar-refractivity contribution in [2.75, 3.05) is 0 Å². The maximum Gasteiger partial charge on any atom is 0.248 e. The molecule has 0 heterocycles. The van der Waals surface area contributed by atoms with E-state index in [1.807, 2.05) is 0 Å². The summed E-state index contributed by atoms with van der Waals surface area (Å²) in [6.07, 6.45) is -3.32. The molecule has 2 aliphatic carbocycles. The van der Waals surface area contributed by atoms with E-state index in [2.05, 4.69) is 0 Å². The Morgan fingerprint density at radius 3 is 1.28 bits per heavy atom. The second-order valence-corrected chi connectivity index (χ2v) is 5.46. The number of hydrogen-bond donors (Lipinski definition) is 0. The molecule has 2 fully saturated rings.